The van der Waals surface area contributed by atoms with E-state index in [0.29, 0.717) is 11.3 Å². The van der Waals surface area contributed by atoms with Gasteiger partial charge in [0, 0.05) is 24.7 Å². The summed E-state index contributed by atoms with van der Waals surface area (Å²) in [5.41, 5.74) is 3.12. The van der Waals surface area contributed by atoms with Crippen LogP contribution >= 0.6 is 0 Å². The Morgan fingerprint density at radius 2 is 1.71 bits per heavy atom. The zero-order chi connectivity index (χ0) is 17.7. The molecular weight excluding hydrogens is 307 g/mol. The molecule has 0 aromatic heterocycles. The first kappa shape index (κ1) is 17.7. The van der Waals surface area contributed by atoms with Crippen molar-refractivity contribution in [2.24, 2.45) is 0 Å². The molecule has 5 heteroatoms. The number of benzene rings is 2. The Bertz CT molecular complexity index is 739. The van der Waals surface area contributed by atoms with E-state index in [0.717, 1.165) is 11.1 Å². The van der Waals surface area contributed by atoms with Crippen LogP contribution in [0.15, 0.2) is 42.5 Å². The van der Waals surface area contributed by atoms with E-state index < -0.39 is 0 Å². The Balaban J connectivity index is 2.06. The smallest absolute Gasteiger partial charge is 0.240 e. The van der Waals surface area contributed by atoms with Crippen molar-refractivity contribution in [2.75, 3.05) is 11.4 Å². The molecular formula is C19H21FN2O2. The van der Waals surface area contributed by atoms with E-state index in [1.807, 2.05) is 32.0 Å². The predicted octanol–water partition coefficient (Wildman–Crippen LogP) is 3.11. The van der Waals surface area contributed by atoms with Crippen LogP contribution < -0.4 is 10.2 Å². The van der Waals surface area contributed by atoms with Crippen molar-refractivity contribution in [3.8, 4) is 0 Å². The Kier molecular flexibility index (Phi) is 5.68. The monoisotopic (exact) mass is 328 g/mol. The third kappa shape index (κ3) is 4.65. The van der Waals surface area contributed by atoms with Crippen LogP contribution in [-0.2, 0) is 16.1 Å². The van der Waals surface area contributed by atoms with E-state index in [-0.39, 0.29) is 30.7 Å². The molecule has 0 spiro atoms. The fraction of sp³-hybridized carbons (Fsp3) is 0.263. The second kappa shape index (κ2) is 7.73. The van der Waals surface area contributed by atoms with E-state index in [1.54, 1.807) is 18.2 Å². The number of halogens is 1. The average molecular weight is 328 g/mol. The maximum atomic E-state index is 13.6. The Hall–Kier alpha value is -2.69. The summed E-state index contributed by atoms with van der Waals surface area (Å²) >= 11 is 0. The number of aryl methyl sites for hydroxylation is 2. The quantitative estimate of drug-likeness (QED) is 0.917. The highest BCUT2D eigenvalue weighted by Gasteiger charge is 2.16. The van der Waals surface area contributed by atoms with E-state index in [2.05, 4.69) is 5.32 Å². The largest absolute Gasteiger partial charge is 0.350 e. The first-order valence-electron chi connectivity index (χ1n) is 7.73. The van der Waals surface area contributed by atoms with Gasteiger partial charge in [-0.2, -0.15) is 0 Å². The number of hydrogen-bond donors (Lipinski definition) is 1. The molecule has 2 rings (SSSR count). The summed E-state index contributed by atoms with van der Waals surface area (Å²) in [6, 6.07) is 12.0. The molecule has 2 aromatic rings. The average Bonchev–Trinajstić information content (AvgIpc) is 2.50. The lowest BCUT2D eigenvalue weighted by molar-refractivity contribution is -0.123. The number of anilines is 1. The SMILES string of the molecule is CC(=O)N(CC(=O)NCc1ccccc1F)c1cc(C)cc(C)c1. The fourth-order valence-electron chi connectivity index (χ4n) is 2.53. The molecule has 0 aliphatic rings. The molecule has 0 aliphatic carbocycles. The molecule has 0 saturated heterocycles. The van der Waals surface area contributed by atoms with E-state index in [9.17, 15) is 14.0 Å². The zero-order valence-electron chi connectivity index (χ0n) is 14.1. The van der Waals surface area contributed by atoms with Gasteiger partial charge in [-0.1, -0.05) is 24.3 Å². The summed E-state index contributed by atoms with van der Waals surface area (Å²) in [6.45, 7) is 5.28. The molecule has 2 aromatic carbocycles. The maximum Gasteiger partial charge on any atom is 0.240 e. The number of carbonyl (C=O) groups is 2. The van der Waals surface area contributed by atoms with Gasteiger partial charge in [0.15, 0.2) is 0 Å². The highest BCUT2D eigenvalue weighted by molar-refractivity contribution is 5.97. The summed E-state index contributed by atoms with van der Waals surface area (Å²) in [5.74, 6) is -0.927. The Labute approximate surface area is 141 Å². The van der Waals surface area contributed by atoms with Crippen molar-refractivity contribution in [3.05, 3.63) is 65.0 Å². The summed E-state index contributed by atoms with van der Waals surface area (Å²) in [5, 5.41) is 2.65. The van der Waals surface area contributed by atoms with Crippen LogP contribution in [0.3, 0.4) is 0 Å². The molecule has 2 amide bonds. The summed E-state index contributed by atoms with van der Waals surface area (Å²) in [4.78, 5) is 25.5. The number of hydrogen-bond acceptors (Lipinski definition) is 2. The molecule has 0 radical (unpaired) electrons. The van der Waals surface area contributed by atoms with Crippen molar-refractivity contribution in [1.29, 1.82) is 0 Å². The van der Waals surface area contributed by atoms with Gasteiger partial charge in [0.2, 0.25) is 11.8 Å². The molecule has 126 valence electrons. The minimum Gasteiger partial charge on any atom is -0.350 e. The Morgan fingerprint density at radius 3 is 2.29 bits per heavy atom. The molecule has 0 saturated carbocycles. The van der Waals surface area contributed by atoms with Crippen LogP contribution in [0.4, 0.5) is 10.1 Å². The van der Waals surface area contributed by atoms with E-state index in [1.165, 1.54) is 17.9 Å². The summed E-state index contributed by atoms with van der Waals surface area (Å²) in [7, 11) is 0. The van der Waals surface area contributed by atoms with Gasteiger partial charge in [-0.05, 0) is 43.2 Å². The number of carbonyl (C=O) groups excluding carboxylic acids is 2. The van der Waals surface area contributed by atoms with Gasteiger partial charge in [0.05, 0.1) is 0 Å². The van der Waals surface area contributed by atoms with Gasteiger partial charge >= 0.3 is 0 Å². The standard InChI is InChI=1S/C19H21FN2O2/c1-13-8-14(2)10-17(9-13)22(15(3)23)12-19(24)21-11-16-6-4-5-7-18(16)20/h4-10H,11-12H2,1-3H3,(H,21,24). The molecule has 4 nitrogen and oxygen atoms in total. The van der Waals surface area contributed by atoms with Gasteiger partial charge in [-0.3, -0.25) is 9.59 Å². The molecule has 1 N–H and O–H groups in total. The van der Waals surface area contributed by atoms with Crippen molar-refractivity contribution < 1.29 is 14.0 Å². The van der Waals surface area contributed by atoms with Crippen LogP contribution in [0.25, 0.3) is 0 Å². The highest BCUT2D eigenvalue weighted by Crippen LogP contribution is 2.19. The second-order valence-corrected chi connectivity index (χ2v) is 5.82. The normalized spacial score (nSPS) is 10.3. The van der Waals surface area contributed by atoms with Crippen LogP contribution in [-0.4, -0.2) is 18.4 Å². The topological polar surface area (TPSA) is 49.4 Å². The summed E-state index contributed by atoms with van der Waals surface area (Å²) < 4.78 is 13.6. The highest BCUT2D eigenvalue weighted by atomic mass is 19.1. The number of nitrogens with zero attached hydrogens (tertiary/aromatic N) is 1. The van der Waals surface area contributed by atoms with Crippen LogP contribution in [0.1, 0.15) is 23.6 Å². The van der Waals surface area contributed by atoms with Gasteiger partial charge < -0.3 is 10.2 Å². The van der Waals surface area contributed by atoms with Crippen molar-refractivity contribution in [2.45, 2.75) is 27.3 Å². The molecule has 0 atom stereocenters. The lowest BCUT2D eigenvalue weighted by Gasteiger charge is -2.21. The molecule has 0 bridgehead atoms. The molecule has 0 fully saturated rings. The predicted molar refractivity (Wildman–Crippen MR) is 92.2 cm³/mol. The first-order chi connectivity index (χ1) is 11.4. The molecule has 0 unspecified atom stereocenters. The van der Waals surface area contributed by atoms with Crippen LogP contribution in [0.2, 0.25) is 0 Å². The number of nitrogens with one attached hydrogen (secondary N) is 1. The third-order valence-corrected chi connectivity index (χ3v) is 3.63. The van der Waals surface area contributed by atoms with Crippen LogP contribution in [0.5, 0.6) is 0 Å². The van der Waals surface area contributed by atoms with E-state index in [4.69, 9.17) is 0 Å². The minimum atomic E-state index is -0.365. The Morgan fingerprint density at radius 1 is 1.08 bits per heavy atom. The van der Waals surface area contributed by atoms with E-state index >= 15 is 0 Å². The molecule has 0 heterocycles. The van der Waals surface area contributed by atoms with Crippen LogP contribution in [0, 0.1) is 19.7 Å². The van der Waals surface area contributed by atoms with Crippen molar-refractivity contribution >= 4 is 17.5 Å². The molecule has 24 heavy (non-hydrogen) atoms. The first-order valence-corrected chi connectivity index (χ1v) is 7.73. The second-order valence-electron chi connectivity index (χ2n) is 5.82. The zero-order valence-corrected chi connectivity index (χ0v) is 14.1. The summed E-state index contributed by atoms with van der Waals surface area (Å²) in [6.07, 6.45) is 0. The number of rotatable bonds is 5. The van der Waals surface area contributed by atoms with Crippen molar-refractivity contribution in [3.63, 3.8) is 0 Å². The fourth-order valence-corrected chi connectivity index (χ4v) is 2.53. The maximum absolute atomic E-state index is 13.6. The lowest BCUT2D eigenvalue weighted by atomic mass is 10.1. The molecule has 0 aliphatic heterocycles. The van der Waals surface area contributed by atoms with Crippen molar-refractivity contribution in [1.82, 2.24) is 5.32 Å². The van der Waals surface area contributed by atoms with Gasteiger partial charge in [-0.25, -0.2) is 4.39 Å². The number of amides is 2. The minimum absolute atomic E-state index is 0.0874. The van der Waals surface area contributed by atoms with Gasteiger partial charge in [0.25, 0.3) is 0 Å². The third-order valence-electron chi connectivity index (χ3n) is 3.63. The van der Waals surface area contributed by atoms with Gasteiger partial charge in [-0.15, -0.1) is 0 Å². The lowest BCUT2D eigenvalue weighted by Crippen LogP contribution is -2.39. The van der Waals surface area contributed by atoms with Gasteiger partial charge in [0.1, 0.15) is 12.4 Å².